The second-order valence-corrected chi connectivity index (χ2v) is 2.74. The van der Waals surface area contributed by atoms with Gasteiger partial charge in [-0.3, -0.25) is 0 Å². The van der Waals surface area contributed by atoms with Crippen molar-refractivity contribution in [2.24, 2.45) is 0 Å². The molecule has 0 heterocycles. The highest BCUT2D eigenvalue weighted by Gasteiger charge is 2.05. The molecule has 2 nitrogen and oxygen atoms in total. The zero-order valence-electron chi connectivity index (χ0n) is 7.51. The molecule has 70 valence electrons. The van der Waals surface area contributed by atoms with Crippen LogP contribution in [0.1, 0.15) is 5.56 Å². The number of hydrogen-bond donors (Lipinski definition) is 1. The SMILES string of the molecule is C=CCOc1cc(C)c(N)cc1F. The highest BCUT2D eigenvalue weighted by Crippen LogP contribution is 2.23. The van der Waals surface area contributed by atoms with Crippen LogP contribution < -0.4 is 10.5 Å². The van der Waals surface area contributed by atoms with Gasteiger partial charge in [-0.2, -0.15) is 0 Å². The van der Waals surface area contributed by atoms with Gasteiger partial charge in [-0.05, 0) is 18.6 Å². The van der Waals surface area contributed by atoms with Gasteiger partial charge in [0.25, 0.3) is 0 Å². The Labute approximate surface area is 76.8 Å². The van der Waals surface area contributed by atoms with Gasteiger partial charge in [0.2, 0.25) is 0 Å². The Bertz CT molecular complexity index is 323. The van der Waals surface area contributed by atoms with Gasteiger partial charge in [-0.25, -0.2) is 4.39 Å². The van der Waals surface area contributed by atoms with E-state index in [-0.39, 0.29) is 5.75 Å². The molecule has 1 aromatic carbocycles. The summed E-state index contributed by atoms with van der Waals surface area (Å²) < 4.78 is 18.2. The van der Waals surface area contributed by atoms with Gasteiger partial charge in [-0.1, -0.05) is 12.7 Å². The summed E-state index contributed by atoms with van der Waals surface area (Å²) in [7, 11) is 0. The van der Waals surface area contributed by atoms with E-state index >= 15 is 0 Å². The van der Waals surface area contributed by atoms with Gasteiger partial charge in [0, 0.05) is 11.8 Å². The van der Waals surface area contributed by atoms with E-state index < -0.39 is 5.82 Å². The third kappa shape index (κ3) is 2.21. The van der Waals surface area contributed by atoms with Gasteiger partial charge in [0.05, 0.1) is 0 Å². The molecule has 0 amide bonds. The summed E-state index contributed by atoms with van der Waals surface area (Å²) in [5.74, 6) is -0.225. The molecule has 1 rings (SSSR count). The van der Waals surface area contributed by atoms with Crippen molar-refractivity contribution < 1.29 is 9.13 Å². The van der Waals surface area contributed by atoms with Crippen LogP contribution in [0, 0.1) is 12.7 Å². The molecule has 0 fully saturated rings. The fourth-order valence-electron chi connectivity index (χ4n) is 0.930. The number of nitrogen functional groups attached to an aromatic ring is 1. The zero-order chi connectivity index (χ0) is 9.84. The highest BCUT2D eigenvalue weighted by atomic mass is 19.1. The Kier molecular flexibility index (Phi) is 2.90. The van der Waals surface area contributed by atoms with E-state index in [4.69, 9.17) is 10.5 Å². The van der Waals surface area contributed by atoms with E-state index in [0.717, 1.165) is 5.56 Å². The van der Waals surface area contributed by atoms with Crippen molar-refractivity contribution in [1.82, 2.24) is 0 Å². The van der Waals surface area contributed by atoms with Gasteiger partial charge >= 0.3 is 0 Å². The van der Waals surface area contributed by atoms with Crippen LogP contribution in [0.25, 0.3) is 0 Å². The first-order valence-corrected chi connectivity index (χ1v) is 3.94. The maximum atomic E-state index is 13.1. The van der Waals surface area contributed by atoms with Crippen LogP contribution in [0.15, 0.2) is 24.8 Å². The van der Waals surface area contributed by atoms with Crippen LogP contribution in [-0.2, 0) is 0 Å². The summed E-state index contributed by atoms with van der Waals surface area (Å²) in [4.78, 5) is 0. The van der Waals surface area contributed by atoms with Crippen LogP contribution in [0.3, 0.4) is 0 Å². The maximum Gasteiger partial charge on any atom is 0.167 e. The molecular weight excluding hydrogens is 169 g/mol. The summed E-state index contributed by atoms with van der Waals surface area (Å²) in [5, 5.41) is 0. The first-order valence-electron chi connectivity index (χ1n) is 3.94. The summed E-state index contributed by atoms with van der Waals surface area (Å²) in [6.07, 6.45) is 1.56. The highest BCUT2D eigenvalue weighted by molar-refractivity contribution is 5.50. The van der Waals surface area contributed by atoms with E-state index in [1.54, 1.807) is 19.1 Å². The molecule has 13 heavy (non-hydrogen) atoms. The average molecular weight is 181 g/mol. The van der Waals surface area contributed by atoms with E-state index in [1.807, 2.05) is 0 Å². The Morgan fingerprint density at radius 2 is 2.31 bits per heavy atom. The fourth-order valence-corrected chi connectivity index (χ4v) is 0.930. The number of nitrogens with two attached hydrogens (primary N) is 1. The third-order valence-electron chi connectivity index (χ3n) is 1.68. The van der Waals surface area contributed by atoms with Crippen LogP contribution in [0.5, 0.6) is 5.75 Å². The van der Waals surface area contributed by atoms with Crippen LogP contribution in [-0.4, -0.2) is 6.61 Å². The van der Waals surface area contributed by atoms with Crippen molar-refractivity contribution in [3.05, 3.63) is 36.2 Å². The second kappa shape index (κ2) is 3.94. The molecule has 0 spiro atoms. The van der Waals surface area contributed by atoms with Crippen molar-refractivity contribution in [3.63, 3.8) is 0 Å². The van der Waals surface area contributed by atoms with Crippen molar-refractivity contribution in [2.75, 3.05) is 12.3 Å². The molecule has 2 N–H and O–H groups in total. The van der Waals surface area contributed by atoms with Crippen LogP contribution >= 0.6 is 0 Å². The van der Waals surface area contributed by atoms with Crippen LogP contribution in [0.2, 0.25) is 0 Å². The molecule has 0 saturated heterocycles. The zero-order valence-corrected chi connectivity index (χ0v) is 7.51. The number of benzene rings is 1. The molecule has 0 aromatic heterocycles. The van der Waals surface area contributed by atoms with Crippen molar-refractivity contribution >= 4 is 5.69 Å². The van der Waals surface area contributed by atoms with E-state index in [2.05, 4.69) is 6.58 Å². The average Bonchev–Trinajstić information content (AvgIpc) is 2.09. The lowest BCUT2D eigenvalue weighted by atomic mass is 10.2. The number of aryl methyl sites for hydroxylation is 1. The minimum atomic E-state index is -0.440. The van der Waals surface area contributed by atoms with Crippen molar-refractivity contribution in [3.8, 4) is 5.75 Å². The van der Waals surface area contributed by atoms with Crippen LogP contribution in [0.4, 0.5) is 10.1 Å². The Balaban J connectivity index is 2.94. The topological polar surface area (TPSA) is 35.2 Å². The molecule has 3 heteroatoms. The summed E-state index contributed by atoms with van der Waals surface area (Å²) in [5.41, 5.74) is 6.74. The molecule has 0 aliphatic heterocycles. The van der Waals surface area contributed by atoms with E-state index in [9.17, 15) is 4.39 Å². The van der Waals surface area contributed by atoms with Gasteiger partial charge in [0.15, 0.2) is 11.6 Å². The first kappa shape index (κ1) is 9.58. The van der Waals surface area contributed by atoms with Crippen molar-refractivity contribution in [2.45, 2.75) is 6.92 Å². The second-order valence-electron chi connectivity index (χ2n) is 2.74. The monoisotopic (exact) mass is 181 g/mol. The Hall–Kier alpha value is -1.51. The van der Waals surface area contributed by atoms with E-state index in [0.29, 0.717) is 12.3 Å². The predicted octanol–water partition coefficient (Wildman–Crippen LogP) is 2.28. The minimum absolute atomic E-state index is 0.214. The standard InChI is InChI=1S/C10H12FNO/c1-3-4-13-10-5-7(2)9(12)6-8(10)11/h3,5-6H,1,4,12H2,2H3. The third-order valence-corrected chi connectivity index (χ3v) is 1.68. The quantitative estimate of drug-likeness (QED) is 0.573. The number of rotatable bonds is 3. The summed E-state index contributed by atoms with van der Waals surface area (Å²) in [6.45, 7) is 5.57. The number of hydrogen-bond acceptors (Lipinski definition) is 2. The van der Waals surface area contributed by atoms with Crippen molar-refractivity contribution in [1.29, 1.82) is 0 Å². The smallest absolute Gasteiger partial charge is 0.167 e. The Morgan fingerprint density at radius 1 is 1.62 bits per heavy atom. The number of ether oxygens (including phenoxy) is 1. The predicted molar refractivity (Wildman–Crippen MR) is 51.2 cm³/mol. The lowest BCUT2D eigenvalue weighted by Gasteiger charge is -2.07. The molecule has 0 radical (unpaired) electrons. The normalized spacial score (nSPS) is 9.69. The fraction of sp³-hybridized carbons (Fsp3) is 0.200. The molecule has 1 aromatic rings. The molecular formula is C10H12FNO. The summed E-state index contributed by atoms with van der Waals surface area (Å²) in [6, 6.07) is 2.84. The first-order chi connectivity index (χ1) is 6.15. The van der Waals surface area contributed by atoms with Gasteiger partial charge < -0.3 is 10.5 Å². The molecule has 0 aliphatic carbocycles. The number of anilines is 1. The largest absolute Gasteiger partial charge is 0.486 e. The minimum Gasteiger partial charge on any atom is -0.486 e. The van der Waals surface area contributed by atoms with Gasteiger partial charge in [-0.15, -0.1) is 0 Å². The van der Waals surface area contributed by atoms with Gasteiger partial charge in [0.1, 0.15) is 6.61 Å². The lowest BCUT2D eigenvalue weighted by Crippen LogP contribution is -1.98. The van der Waals surface area contributed by atoms with E-state index in [1.165, 1.54) is 6.07 Å². The Morgan fingerprint density at radius 3 is 2.92 bits per heavy atom. The maximum absolute atomic E-state index is 13.1. The molecule has 0 saturated carbocycles. The number of halogens is 1. The summed E-state index contributed by atoms with van der Waals surface area (Å²) >= 11 is 0. The molecule has 0 atom stereocenters. The lowest BCUT2D eigenvalue weighted by molar-refractivity contribution is 0.342. The molecule has 0 unspecified atom stereocenters. The molecule has 0 aliphatic rings. The molecule has 0 bridgehead atoms.